The third-order valence-corrected chi connectivity index (χ3v) is 2.10. The number of nitrogens with one attached hydrogen (secondary N) is 1. The van der Waals surface area contributed by atoms with Crippen molar-refractivity contribution in [1.29, 1.82) is 0 Å². The van der Waals surface area contributed by atoms with Crippen LogP contribution in [0.2, 0.25) is 0 Å². The summed E-state index contributed by atoms with van der Waals surface area (Å²) < 4.78 is 38.5. The van der Waals surface area contributed by atoms with Gasteiger partial charge in [0.15, 0.2) is 0 Å². The molecule has 7 heteroatoms. The highest BCUT2D eigenvalue weighted by atomic mass is 19.3. The van der Waals surface area contributed by atoms with E-state index in [0.717, 1.165) is 0 Å². The second kappa shape index (κ2) is 4.14. The Hall–Kier alpha value is -0.820. The van der Waals surface area contributed by atoms with E-state index in [1.165, 1.54) is 10.3 Å². The summed E-state index contributed by atoms with van der Waals surface area (Å²) in [6, 6.07) is 0. The number of likely N-dealkylation sites (tertiary alicyclic amines) is 1. The van der Waals surface area contributed by atoms with Gasteiger partial charge >= 0.3 is 11.8 Å². The molecule has 0 spiro atoms. The minimum absolute atomic E-state index is 0.0482. The van der Waals surface area contributed by atoms with Crippen LogP contribution < -0.4 is 11.3 Å². The molecule has 1 aliphatic rings. The van der Waals surface area contributed by atoms with Crippen LogP contribution in [-0.4, -0.2) is 42.5 Å². The highest BCUT2D eigenvalue weighted by Gasteiger charge is 2.41. The van der Waals surface area contributed by atoms with E-state index in [2.05, 4.69) is 5.84 Å². The zero-order valence-electron chi connectivity index (χ0n) is 7.47. The lowest BCUT2D eigenvalue weighted by atomic mass is 10.3. The third-order valence-electron chi connectivity index (χ3n) is 2.10. The Morgan fingerprint density at radius 2 is 2.29 bits per heavy atom. The first-order valence-corrected chi connectivity index (χ1v) is 4.21. The van der Waals surface area contributed by atoms with Crippen molar-refractivity contribution in [3.8, 4) is 0 Å². The molecule has 4 nitrogen and oxygen atoms in total. The van der Waals surface area contributed by atoms with Gasteiger partial charge in [0.1, 0.15) is 6.17 Å². The number of halogens is 3. The normalized spacial score (nSPS) is 23.9. The molecule has 1 fully saturated rings. The lowest BCUT2D eigenvalue weighted by Crippen LogP contribution is -2.49. The first-order valence-electron chi connectivity index (χ1n) is 4.21. The van der Waals surface area contributed by atoms with Gasteiger partial charge in [0.2, 0.25) is 0 Å². The molecule has 1 heterocycles. The van der Waals surface area contributed by atoms with Gasteiger partial charge in [0, 0.05) is 13.1 Å². The van der Waals surface area contributed by atoms with E-state index in [1.807, 2.05) is 0 Å². The number of carbonyl (C=O) groups excluding carboxylic acids is 1. The summed E-state index contributed by atoms with van der Waals surface area (Å²) in [4.78, 5) is 11.8. The number of alkyl halides is 3. The number of hydrazine groups is 1. The Bertz CT molecular complexity index is 224. The Morgan fingerprint density at radius 1 is 1.64 bits per heavy atom. The molecule has 1 rings (SSSR count). The fourth-order valence-corrected chi connectivity index (χ4v) is 1.39. The summed E-state index contributed by atoms with van der Waals surface area (Å²) in [6.07, 6.45) is -0.841. The third kappa shape index (κ3) is 2.58. The van der Waals surface area contributed by atoms with Crippen molar-refractivity contribution in [3.63, 3.8) is 0 Å². The van der Waals surface area contributed by atoms with Crippen LogP contribution in [0.15, 0.2) is 0 Å². The minimum Gasteiger partial charge on any atom is -0.294 e. The molecule has 1 saturated heterocycles. The molecule has 1 amide bonds. The summed E-state index contributed by atoms with van der Waals surface area (Å²) in [6.45, 7) is -0.585. The predicted molar refractivity (Wildman–Crippen MR) is 43.2 cm³/mol. The average molecular weight is 211 g/mol. The average Bonchev–Trinajstić information content (AvgIpc) is 2.48. The van der Waals surface area contributed by atoms with Gasteiger partial charge < -0.3 is 0 Å². The second-order valence-electron chi connectivity index (χ2n) is 3.30. The molecule has 1 atom stereocenters. The molecule has 0 radical (unpaired) electrons. The van der Waals surface area contributed by atoms with Crippen molar-refractivity contribution in [3.05, 3.63) is 0 Å². The second-order valence-corrected chi connectivity index (χ2v) is 3.30. The van der Waals surface area contributed by atoms with Crippen molar-refractivity contribution in [2.75, 3.05) is 19.6 Å². The number of nitrogens with zero attached hydrogens (tertiary/aromatic N) is 1. The maximum absolute atomic E-state index is 12.9. The number of amides is 1. The summed E-state index contributed by atoms with van der Waals surface area (Å²) in [5.74, 6) is -0.511. The van der Waals surface area contributed by atoms with Gasteiger partial charge in [-0.2, -0.15) is 8.78 Å². The standard InChI is InChI=1S/C7H12F3N3O/c8-5-1-2-13(3-5)4-7(9,10)6(14)12-11/h5H,1-4,11H2,(H,12,14). The Morgan fingerprint density at radius 3 is 2.71 bits per heavy atom. The Kier molecular flexibility index (Phi) is 3.33. The molecule has 0 saturated carbocycles. The summed E-state index contributed by atoms with van der Waals surface area (Å²) in [7, 11) is 0. The topological polar surface area (TPSA) is 58.4 Å². The molecule has 1 aliphatic heterocycles. The maximum atomic E-state index is 12.9. The van der Waals surface area contributed by atoms with Gasteiger partial charge in [-0.3, -0.25) is 15.1 Å². The van der Waals surface area contributed by atoms with Gasteiger partial charge in [0.25, 0.3) is 0 Å². The van der Waals surface area contributed by atoms with Crippen LogP contribution in [-0.2, 0) is 4.79 Å². The fourth-order valence-electron chi connectivity index (χ4n) is 1.39. The van der Waals surface area contributed by atoms with Crippen LogP contribution >= 0.6 is 0 Å². The van der Waals surface area contributed by atoms with Crippen molar-refractivity contribution in [2.45, 2.75) is 18.5 Å². The van der Waals surface area contributed by atoms with Crippen LogP contribution in [0.3, 0.4) is 0 Å². The van der Waals surface area contributed by atoms with E-state index in [-0.39, 0.29) is 19.5 Å². The van der Waals surface area contributed by atoms with Gasteiger partial charge in [0.05, 0.1) is 6.54 Å². The van der Waals surface area contributed by atoms with Crippen LogP contribution in [0.1, 0.15) is 6.42 Å². The number of nitrogens with two attached hydrogens (primary N) is 1. The number of hydrogen-bond acceptors (Lipinski definition) is 3. The smallest absolute Gasteiger partial charge is 0.294 e. The molecule has 3 N–H and O–H groups in total. The van der Waals surface area contributed by atoms with E-state index < -0.39 is 24.5 Å². The first kappa shape index (κ1) is 11.3. The monoisotopic (exact) mass is 211 g/mol. The molecule has 82 valence electrons. The van der Waals surface area contributed by atoms with Crippen LogP contribution in [0.25, 0.3) is 0 Å². The molecule has 0 aromatic heterocycles. The van der Waals surface area contributed by atoms with Crippen molar-refractivity contribution < 1.29 is 18.0 Å². The van der Waals surface area contributed by atoms with Crippen LogP contribution in [0, 0.1) is 0 Å². The van der Waals surface area contributed by atoms with Gasteiger partial charge in [-0.05, 0) is 6.42 Å². The quantitative estimate of drug-likeness (QED) is 0.381. The number of rotatable bonds is 3. The molecule has 0 aromatic carbocycles. The lowest BCUT2D eigenvalue weighted by molar-refractivity contribution is -0.148. The van der Waals surface area contributed by atoms with E-state index in [1.54, 1.807) is 0 Å². The van der Waals surface area contributed by atoms with Crippen molar-refractivity contribution in [2.24, 2.45) is 5.84 Å². The molecule has 0 bridgehead atoms. The number of carbonyl (C=O) groups is 1. The lowest BCUT2D eigenvalue weighted by Gasteiger charge is -2.21. The molecule has 1 unspecified atom stereocenters. The molecule has 0 aromatic rings. The predicted octanol–water partition coefficient (Wildman–Crippen LogP) is -0.345. The highest BCUT2D eigenvalue weighted by Crippen LogP contribution is 2.20. The largest absolute Gasteiger partial charge is 0.338 e. The Labute approximate surface area is 79.2 Å². The van der Waals surface area contributed by atoms with Crippen LogP contribution in [0.5, 0.6) is 0 Å². The van der Waals surface area contributed by atoms with E-state index >= 15 is 0 Å². The highest BCUT2D eigenvalue weighted by molar-refractivity contribution is 5.83. The summed E-state index contributed by atoms with van der Waals surface area (Å²) >= 11 is 0. The van der Waals surface area contributed by atoms with Crippen molar-refractivity contribution in [1.82, 2.24) is 10.3 Å². The zero-order valence-corrected chi connectivity index (χ0v) is 7.47. The van der Waals surface area contributed by atoms with E-state index in [4.69, 9.17) is 0 Å². The van der Waals surface area contributed by atoms with Crippen LogP contribution in [0.4, 0.5) is 13.2 Å². The fraction of sp³-hybridized carbons (Fsp3) is 0.857. The zero-order chi connectivity index (χ0) is 10.8. The summed E-state index contributed by atoms with van der Waals surface area (Å²) in [5, 5.41) is 0. The van der Waals surface area contributed by atoms with E-state index in [0.29, 0.717) is 0 Å². The molecule has 0 aliphatic carbocycles. The van der Waals surface area contributed by atoms with E-state index in [9.17, 15) is 18.0 Å². The molecular weight excluding hydrogens is 199 g/mol. The minimum atomic E-state index is -3.56. The summed E-state index contributed by atoms with van der Waals surface area (Å²) in [5.41, 5.74) is 1.38. The molecule has 14 heavy (non-hydrogen) atoms. The SMILES string of the molecule is NNC(=O)C(F)(F)CN1CCC(F)C1. The van der Waals surface area contributed by atoms with Gasteiger partial charge in [-0.25, -0.2) is 10.2 Å². The number of hydrogen-bond donors (Lipinski definition) is 2. The first-order chi connectivity index (χ1) is 6.45. The Balaban J connectivity index is 2.46. The van der Waals surface area contributed by atoms with Crippen molar-refractivity contribution >= 4 is 5.91 Å². The molecular formula is C7H12F3N3O. The maximum Gasteiger partial charge on any atom is 0.338 e. The van der Waals surface area contributed by atoms with Gasteiger partial charge in [-0.1, -0.05) is 0 Å². The van der Waals surface area contributed by atoms with Gasteiger partial charge in [-0.15, -0.1) is 0 Å².